The van der Waals surface area contributed by atoms with Gasteiger partial charge in [-0.2, -0.15) is 0 Å². The van der Waals surface area contributed by atoms with Gasteiger partial charge in [-0.05, 0) is 31.2 Å². The van der Waals surface area contributed by atoms with Crippen LogP contribution < -0.4 is 0 Å². The molecule has 26 heavy (non-hydrogen) atoms. The van der Waals surface area contributed by atoms with Gasteiger partial charge in [-0.25, -0.2) is 13.2 Å². The van der Waals surface area contributed by atoms with E-state index in [1.807, 2.05) is 0 Å². The Hall–Kier alpha value is -2.12. The van der Waals surface area contributed by atoms with Gasteiger partial charge in [0.05, 0.1) is 17.4 Å². The maximum absolute atomic E-state index is 12.1. The van der Waals surface area contributed by atoms with Crippen molar-refractivity contribution in [2.24, 2.45) is 4.40 Å². The number of carbonyl (C=O) groups excluding carboxylic acids is 1. The van der Waals surface area contributed by atoms with Crippen LogP contribution in [-0.4, -0.2) is 50.6 Å². The van der Waals surface area contributed by atoms with E-state index in [9.17, 15) is 13.2 Å². The molecule has 0 N–H and O–H groups in total. The summed E-state index contributed by atoms with van der Waals surface area (Å²) in [5, 5.41) is -0.264. The topological polar surface area (TPSA) is 76.0 Å². The lowest BCUT2D eigenvalue weighted by Crippen LogP contribution is -2.32. The number of amidine groups is 1. The molecule has 0 saturated heterocycles. The molecule has 1 rings (SSSR count). The van der Waals surface area contributed by atoms with E-state index in [1.54, 1.807) is 42.3 Å². The highest BCUT2D eigenvalue weighted by Gasteiger charge is 2.19. The van der Waals surface area contributed by atoms with E-state index in [1.165, 1.54) is 13.0 Å². The van der Waals surface area contributed by atoms with Crippen molar-refractivity contribution < 1.29 is 17.9 Å². The maximum Gasteiger partial charge on any atom is 0.338 e. The van der Waals surface area contributed by atoms with Crippen molar-refractivity contribution in [3.63, 3.8) is 0 Å². The van der Waals surface area contributed by atoms with Crippen LogP contribution in [0.2, 0.25) is 5.02 Å². The van der Waals surface area contributed by atoms with Crippen molar-refractivity contribution >= 4 is 33.4 Å². The number of rotatable bonds is 9. The molecule has 0 radical (unpaired) electrons. The number of esters is 1. The minimum Gasteiger partial charge on any atom is -0.460 e. The first-order valence-electron chi connectivity index (χ1n) is 7.91. The van der Waals surface area contributed by atoms with Gasteiger partial charge in [0.1, 0.15) is 12.4 Å². The highest BCUT2D eigenvalue weighted by atomic mass is 35.5. The second-order valence-electron chi connectivity index (χ2n) is 5.52. The van der Waals surface area contributed by atoms with E-state index >= 15 is 0 Å². The van der Waals surface area contributed by atoms with Gasteiger partial charge in [0, 0.05) is 18.5 Å². The number of sulfonamides is 1. The molecule has 0 spiro atoms. The van der Waals surface area contributed by atoms with Crippen LogP contribution in [0.1, 0.15) is 23.7 Å². The SMILES string of the molecule is C=CC/C(=N\S(=O)(=O)C(C)C=C)N(C)CCOC(=O)c1ccc(Cl)cc1. The van der Waals surface area contributed by atoms with Crippen LogP contribution in [0.5, 0.6) is 0 Å². The van der Waals surface area contributed by atoms with Crippen LogP contribution in [0.15, 0.2) is 54.0 Å². The number of hydrogen-bond acceptors (Lipinski definition) is 4. The van der Waals surface area contributed by atoms with E-state index in [0.717, 1.165) is 0 Å². The van der Waals surface area contributed by atoms with Gasteiger partial charge < -0.3 is 9.64 Å². The highest BCUT2D eigenvalue weighted by molar-refractivity contribution is 7.91. The molecule has 1 unspecified atom stereocenters. The van der Waals surface area contributed by atoms with E-state index in [0.29, 0.717) is 16.4 Å². The minimum absolute atomic E-state index is 0.0746. The third-order valence-electron chi connectivity index (χ3n) is 3.54. The Morgan fingerprint density at radius 2 is 1.96 bits per heavy atom. The fourth-order valence-corrected chi connectivity index (χ4v) is 2.86. The van der Waals surface area contributed by atoms with Gasteiger partial charge in [-0.3, -0.25) is 0 Å². The van der Waals surface area contributed by atoms with Gasteiger partial charge in [-0.15, -0.1) is 17.6 Å². The zero-order valence-electron chi connectivity index (χ0n) is 14.9. The lowest BCUT2D eigenvalue weighted by atomic mass is 10.2. The fourth-order valence-electron chi connectivity index (χ4n) is 1.82. The smallest absolute Gasteiger partial charge is 0.338 e. The van der Waals surface area contributed by atoms with Crippen molar-refractivity contribution in [1.29, 1.82) is 0 Å². The van der Waals surface area contributed by atoms with Gasteiger partial charge in [-0.1, -0.05) is 23.8 Å². The molecule has 0 aliphatic carbocycles. The van der Waals surface area contributed by atoms with E-state index in [4.69, 9.17) is 16.3 Å². The Morgan fingerprint density at radius 1 is 1.35 bits per heavy atom. The number of ether oxygens (including phenoxy) is 1. The zero-order chi connectivity index (χ0) is 19.7. The second kappa shape index (κ2) is 10.1. The largest absolute Gasteiger partial charge is 0.460 e. The summed E-state index contributed by atoms with van der Waals surface area (Å²) in [6, 6.07) is 6.35. The van der Waals surface area contributed by atoms with Gasteiger partial charge in [0.2, 0.25) is 0 Å². The molecule has 0 aromatic heterocycles. The first-order valence-corrected chi connectivity index (χ1v) is 9.79. The predicted molar refractivity (Wildman–Crippen MR) is 105 cm³/mol. The fraction of sp³-hybridized carbons (Fsp3) is 0.333. The van der Waals surface area contributed by atoms with Crippen molar-refractivity contribution in [1.82, 2.24) is 4.90 Å². The highest BCUT2D eigenvalue weighted by Crippen LogP contribution is 2.11. The first-order chi connectivity index (χ1) is 12.2. The molecule has 0 aliphatic heterocycles. The summed E-state index contributed by atoms with van der Waals surface area (Å²) in [5.74, 6) is -0.165. The number of hydrogen-bond donors (Lipinski definition) is 0. The van der Waals surface area contributed by atoms with Crippen LogP contribution >= 0.6 is 11.6 Å². The van der Waals surface area contributed by atoms with Crippen LogP contribution in [0.4, 0.5) is 0 Å². The quantitative estimate of drug-likeness (QED) is 0.276. The van der Waals surface area contributed by atoms with E-state index in [2.05, 4.69) is 17.6 Å². The normalized spacial score (nSPS) is 13.0. The molecule has 0 bridgehead atoms. The Kier molecular flexibility index (Phi) is 8.54. The maximum atomic E-state index is 12.1. The molecule has 0 saturated carbocycles. The molecule has 142 valence electrons. The van der Waals surface area contributed by atoms with Crippen molar-refractivity contribution in [3.05, 3.63) is 60.2 Å². The summed E-state index contributed by atoms with van der Waals surface area (Å²) in [7, 11) is -2.03. The molecule has 0 aliphatic rings. The molecule has 1 aromatic rings. The molecule has 0 heterocycles. The monoisotopic (exact) mass is 398 g/mol. The number of benzene rings is 1. The first kappa shape index (κ1) is 21.9. The minimum atomic E-state index is -3.71. The lowest BCUT2D eigenvalue weighted by molar-refractivity contribution is 0.0491. The van der Waals surface area contributed by atoms with Crippen LogP contribution in [0.25, 0.3) is 0 Å². The molecule has 0 fully saturated rings. The molecule has 1 aromatic carbocycles. The Labute approximate surface area is 159 Å². The average Bonchev–Trinajstić information content (AvgIpc) is 2.60. The van der Waals surface area contributed by atoms with E-state index < -0.39 is 21.2 Å². The molecular weight excluding hydrogens is 376 g/mol. The van der Waals surface area contributed by atoms with Crippen molar-refractivity contribution in [2.75, 3.05) is 20.2 Å². The standard InChI is InChI=1S/C18H23ClN2O4S/c1-5-7-17(20-26(23,24)14(3)6-2)21(4)12-13-25-18(22)15-8-10-16(19)11-9-15/h5-6,8-11,14H,1-2,7,12-13H2,3-4H3/b20-17+. The van der Waals surface area contributed by atoms with Crippen LogP contribution in [0.3, 0.4) is 0 Å². The Morgan fingerprint density at radius 3 is 2.50 bits per heavy atom. The summed E-state index contributed by atoms with van der Waals surface area (Å²) in [6.45, 7) is 8.96. The summed E-state index contributed by atoms with van der Waals surface area (Å²) < 4.78 is 33.3. The van der Waals surface area contributed by atoms with Crippen LogP contribution in [0, 0.1) is 0 Å². The molecule has 8 heteroatoms. The van der Waals surface area contributed by atoms with Crippen molar-refractivity contribution in [3.8, 4) is 0 Å². The summed E-state index contributed by atoms with van der Waals surface area (Å²) >= 11 is 5.78. The summed E-state index contributed by atoms with van der Waals surface area (Å²) in [5.41, 5.74) is 0.388. The van der Waals surface area contributed by atoms with Gasteiger partial charge in [0.15, 0.2) is 0 Å². The Bertz CT molecular complexity index is 773. The molecule has 1 atom stereocenters. The second-order valence-corrected chi connectivity index (χ2v) is 7.91. The predicted octanol–water partition coefficient (Wildman–Crippen LogP) is 3.31. The van der Waals surface area contributed by atoms with E-state index in [-0.39, 0.29) is 19.6 Å². The number of nitrogens with zero attached hydrogens (tertiary/aromatic N) is 2. The Balaban J connectivity index is 2.71. The third kappa shape index (κ3) is 6.65. The molecule has 6 nitrogen and oxygen atoms in total. The number of carbonyl (C=O) groups is 1. The zero-order valence-corrected chi connectivity index (χ0v) is 16.5. The number of likely N-dealkylation sites (N-methyl/N-ethyl adjacent to an activating group) is 1. The summed E-state index contributed by atoms with van der Waals surface area (Å²) in [6.07, 6.45) is 3.14. The number of halogens is 1. The lowest BCUT2D eigenvalue weighted by Gasteiger charge is -2.20. The van der Waals surface area contributed by atoms with Gasteiger partial charge in [0.25, 0.3) is 10.0 Å². The molecular formula is C18H23ClN2O4S. The van der Waals surface area contributed by atoms with Gasteiger partial charge >= 0.3 is 5.97 Å². The third-order valence-corrected chi connectivity index (χ3v) is 5.39. The average molecular weight is 399 g/mol. The van der Waals surface area contributed by atoms with Crippen molar-refractivity contribution in [2.45, 2.75) is 18.6 Å². The van der Waals surface area contributed by atoms with Crippen LogP contribution in [-0.2, 0) is 14.8 Å². The molecule has 0 amide bonds. The summed E-state index contributed by atoms with van der Waals surface area (Å²) in [4.78, 5) is 13.6.